The molecule has 3 rings (SSSR count). The summed E-state index contributed by atoms with van der Waals surface area (Å²) in [7, 11) is 3.89. The summed E-state index contributed by atoms with van der Waals surface area (Å²) in [6.07, 6.45) is 9.03. The van der Waals surface area contributed by atoms with Crippen LogP contribution in [0.4, 0.5) is 5.69 Å². The van der Waals surface area contributed by atoms with E-state index in [1.807, 2.05) is 37.3 Å². The maximum Gasteiger partial charge on any atom is 0.244 e. The Labute approximate surface area is 130 Å². The van der Waals surface area contributed by atoms with Crippen LogP contribution < -0.4 is 4.90 Å². The monoisotopic (exact) mass is 299 g/mol. The first-order valence-corrected chi connectivity index (χ1v) is 7.54. The molecule has 1 amide bonds. The van der Waals surface area contributed by atoms with Gasteiger partial charge in [-0.15, -0.1) is 0 Å². The van der Waals surface area contributed by atoms with Crippen LogP contribution in [0.15, 0.2) is 36.9 Å². The van der Waals surface area contributed by atoms with Gasteiger partial charge in [0.05, 0.1) is 17.9 Å². The van der Waals surface area contributed by atoms with Crippen LogP contribution in [0.3, 0.4) is 0 Å². The van der Waals surface area contributed by atoms with E-state index in [0.717, 1.165) is 31.6 Å². The molecule has 1 atom stereocenters. The highest BCUT2D eigenvalue weighted by Crippen LogP contribution is 2.23. The molecule has 0 aliphatic carbocycles. The lowest BCUT2D eigenvalue weighted by Gasteiger charge is -2.23. The number of aromatic nitrogens is 3. The number of anilines is 1. The fraction of sp³-hybridized carbons (Fsp3) is 0.438. The first kappa shape index (κ1) is 14.7. The predicted molar refractivity (Wildman–Crippen MR) is 84.5 cm³/mol. The van der Waals surface area contributed by atoms with Gasteiger partial charge < -0.3 is 4.90 Å². The molecule has 1 aliphatic rings. The van der Waals surface area contributed by atoms with E-state index in [4.69, 9.17) is 0 Å². The third-order valence-corrected chi connectivity index (χ3v) is 4.21. The average molecular weight is 299 g/mol. The maximum atomic E-state index is 12.6. The molecule has 1 fully saturated rings. The second-order valence-electron chi connectivity index (χ2n) is 5.75. The highest BCUT2D eigenvalue weighted by atomic mass is 16.2. The largest absolute Gasteiger partial charge is 0.308 e. The van der Waals surface area contributed by atoms with Gasteiger partial charge in [-0.2, -0.15) is 5.10 Å². The number of likely N-dealkylation sites (N-methyl/N-ethyl adjacent to an activating group) is 1. The topological polar surface area (TPSA) is 54.3 Å². The molecule has 6 nitrogen and oxygen atoms in total. The molecule has 0 spiro atoms. The lowest BCUT2D eigenvalue weighted by atomic mass is 10.1. The number of pyridine rings is 1. The average Bonchev–Trinajstić information content (AvgIpc) is 3.12. The van der Waals surface area contributed by atoms with Gasteiger partial charge in [-0.3, -0.25) is 19.4 Å². The number of hydrogen-bond donors (Lipinski definition) is 0. The zero-order chi connectivity index (χ0) is 15.5. The first-order chi connectivity index (χ1) is 10.6. The normalized spacial score (nSPS) is 18.4. The number of hydrogen-bond acceptors (Lipinski definition) is 4. The molecule has 0 unspecified atom stereocenters. The molecule has 2 aromatic heterocycles. The molecule has 1 saturated heterocycles. The Bertz CT molecular complexity index is 639. The van der Waals surface area contributed by atoms with Gasteiger partial charge in [0.2, 0.25) is 5.91 Å². The Morgan fingerprint density at radius 2 is 2.14 bits per heavy atom. The van der Waals surface area contributed by atoms with Crippen LogP contribution in [0, 0.1) is 0 Å². The van der Waals surface area contributed by atoms with Gasteiger partial charge in [0.1, 0.15) is 0 Å². The van der Waals surface area contributed by atoms with Crippen molar-refractivity contribution < 1.29 is 4.79 Å². The Morgan fingerprint density at radius 3 is 2.82 bits per heavy atom. The molecule has 0 radical (unpaired) electrons. The second kappa shape index (κ2) is 6.27. The van der Waals surface area contributed by atoms with Gasteiger partial charge in [0.15, 0.2) is 0 Å². The van der Waals surface area contributed by atoms with Crippen molar-refractivity contribution >= 4 is 11.6 Å². The van der Waals surface area contributed by atoms with E-state index in [1.165, 1.54) is 5.56 Å². The molecular formula is C16H21N5O. The van der Waals surface area contributed by atoms with Crippen LogP contribution in [0.25, 0.3) is 0 Å². The van der Waals surface area contributed by atoms with E-state index < -0.39 is 0 Å². The van der Waals surface area contributed by atoms with Crippen LogP contribution in [0.5, 0.6) is 0 Å². The smallest absolute Gasteiger partial charge is 0.244 e. The zero-order valence-corrected chi connectivity index (χ0v) is 13.0. The van der Waals surface area contributed by atoms with E-state index in [1.54, 1.807) is 23.3 Å². The first-order valence-electron chi connectivity index (χ1n) is 7.54. The van der Waals surface area contributed by atoms with Crippen molar-refractivity contribution in [1.82, 2.24) is 19.7 Å². The van der Waals surface area contributed by atoms with E-state index >= 15 is 0 Å². The SMILES string of the molecule is CN(CCc1ccncc1)[C@H]1CCN(c2cnn(C)c2)C1=O. The Balaban J connectivity index is 1.59. The summed E-state index contributed by atoms with van der Waals surface area (Å²) >= 11 is 0. The molecule has 3 heterocycles. The van der Waals surface area contributed by atoms with Crippen molar-refractivity contribution in [1.29, 1.82) is 0 Å². The molecule has 2 aromatic rings. The van der Waals surface area contributed by atoms with Crippen LogP contribution >= 0.6 is 0 Å². The predicted octanol–water partition coefficient (Wildman–Crippen LogP) is 1.09. The molecular weight excluding hydrogens is 278 g/mol. The fourth-order valence-electron chi connectivity index (χ4n) is 2.89. The van der Waals surface area contributed by atoms with Crippen molar-refractivity contribution in [3.05, 3.63) is 42.5 Å². The van der Waals surface area contributed by atoms with Crippen molar-refractivity contribution in [3.8, 4) is 0 Å². The Hall–Kier alpha value is -2.21. The number of carbonyl (C=O) groups excluding carboxylic acids is 1. The highest BCUT2D eigenvalue weighted by molar-refractivity contribution is 5.99. The van der Waals surface area contributed by atoms with E-state index in [2.05, 4.69) is 15.0 Å². The summed E-state index contributed by atoms with van der Waals surface area (Å²) in [4.78, 5) is 20.6. The fourth-order valence-corrected chi connectivity index (χ4v) is 2.89. The lowest BCUT2D eigenvalue weighted by Crippen LogP contribution is -2.40. The van der Waals surface area contributed by atoms with E-state index in [0.29, 0.717) is 0 Å². The van der Waals surface area contributed by atoms with Crippen LogP contribution in [0.2, 0.25) is 0 Å². The minimum Gasteiger partial charge on any atom is -0.308 e. The third kappa shape index (κ3) is 3.01. The summed E-state index contributed by atoms with van der Waals surface area (Å²) in [5.74, 6) is 0.172. The number of aryl methyl sites for hydroxylation is 1. The zero-order valence-electron chi connectivity index (χ0n) is 13.0. The van der Waals surface area contributed by atoms with Crippen LogP contribution in [-0.4, -0.2) is 51.8 Å². The van der Waals surface area contributed by atoms with Crippen LogP contribution in [-0.2, 0) is 18.3 Å². The maximum absolute atomic E-state index is 12.6. The highest BCUT2D eigenvalue weighted by Gasteiger charge is 2.35. The molecule has 1 aliphatic heterocycles. The summed E-state index contributed by atoms with van der Waals surface area (Å²) < 4.78 is 1.73. The van der Waals surface area contributed by atoms with Crippen LogP contribution in [0.1, 0.15) is 12.0 Å². The second-order valence-corrected chi connectivity index (χ2v) is 5.75. The van der Waals surface area contributed by atoms with Crippen molar-refractivity contribution in [2.75, 3.05) is 25.0 Å². The van der Waals surface area contributed by atoms with E-state index in [-0.39, 0.29) is 11.9 Å². The molecule has 22 heavy (non-hydrogen) atoms. The quantitative estimate of drug-likeness (QED) is 0.829. The van der Waals surface area contributed by atoms with Gasteiger partial charge in [-0.05, 0) is 37.6 Å². The molecule has 6 heteroatoms. The van der Waals surface area contributed by atoms with Crippen molar-refractivity contribution in [2.45, 2.75) is 18.9 Å². The van der Waals surface area contributed by atoms with Gasteiger partial charge in [0, 0.05) is 38.7 Å². The van der Waals surface area contributed by atoms with Gasteiger partial charge >= 0.3 is 0 Å². The molecule has 0 aromatic carbocycles. The number of carbonyl (C=O) groups is 1. The lowest BCUT2D eigenvalue weighted by molar-refractivity contribution is -0.121. The summed E-state index contributed by atoms with van der Waals surface area (Å²) in [6, 6.07) is 4.00. The van der Waals surface area contributed by atoms with Gasteiger partial charge in [0.25, 0.3) is 0 Å². The summed E-state index contributed by atoms with van der Waals surface area (Å²) in [6.45, 7) is 1.62. The van der Waals surface area contributed by atoms with Crippen molar-refractivity contribution in [3.63, 3.8) is 0 Å². The molecule has 0 bridgehead atoms. The minimum atomic E-state index is -0.0398. The van der Waals surface area contributed by atoms with Crippen molar-refractivity contribution in [2.24, 2.45) is 7.05 Å². The number of amides is 1. The number of nitrogens with zero attached hydrogens (tertiary/aromatic N) is 5. The molecule has 116 valence electrons. The molecule has 0 saturated carbocycles. The minimum absolute atomic E-state index is 0.0398. The van der Waals surface area contributed by atoms with Gasteiger partial charge in [-0.25, -0.2) is 0 Å². The molecule has 0 N–H and O–H groups in total. The summed E-state index contributed by atoms with van der Waals surface area (Å²) in [5.41, 5.74) is 2.13. The standard InChI is InChI=1S/C16H21N5O/c1-19(9-5-13-3-7-17-8-4-13)15-6-10-21(16(15)22)14-11-18-20(2)12-14/h3-4,7-8,11-12,15H,5-6,9-10H2,1-2H3/t15-/m0/s1. The Kier molecular flexibility index (Phi) is 4.20. The third-order valence-electron chi connectivity index (χ3n) is 4.21. The van der Waals surface area contributed by atoms with E-state index in [9.17, 15) is 4.79 Å². The summed E-state index contributed by atoms with van der Waals surface area (Å²) in [5, 5.41) is 4.14. The van der Waals surface area contributed by atoms with Gasteiger partial charge in [-0.1, -0.05) is 0 Å². The number of rotatable bonds is 5. The Morgan fingerprint density at radius 1 is 1.36 bits per heavy atom.